The second-order valence-electron chi connectivity index (χ2n) is 6.21. The van der Waals surface area contributed by atoms with Crippen LogP contribution < -0.4 is 4.98 Å². The minimum atomic E-state index is -0.305. The lowest BCUT2D eigenvalue weighted by Crippen LogP contribution is -1.99. The van der Waals surface area contributed by atoms with Crippen LogP contribution in [0, 0.1) is 5.82 Å². The zero-order valence-electron chi connectivity index (χ0n) is 14.2. The predicted molar refractivity (Wildman–Crippen MR) is 102 cm³/mol. The lowest BCUT2D eigenvalue weighted by molar-refractivity contribution is -0.376. The van der Waals surface area contributed by atoms with Crippen molar-refractivity contribution in [3.05, 3.63) is 85.2 Å². The van der Waals surface area contributed by atoms with Crippen LogP contribution in [0.1, 0.15) is 0 Å². The van der Waals surface area contributed by atoms with Gasteiger partial charge in [-0.25, -0.2) is 24.3 Å². The fraction of sp³-hybridized carbons (Fsp3) is 0. The molecule has 0 unspecified atom stereocenters. The monoisotopic (exact) mass is 353 g/mol. The number of fused-ring (bicyclic) bond motifs is 2. The Kier molecular flexibility index (Phi) is 3.57. The highest BCUT2D eigenvalue weighted by Gasteiger charge is 2.15. The van der Waals surface area contributed by atoms with Gasteiger partial charge < -0.3 is 0 Å². The Hall–Kier alpha value is -3.73. The molecule has 1 aromatic carbocycles. The maximum Gasteiger partial charge on any atom is 0.193 e. The second-order valence-corrected chi connectivity index (χ2v) is 6.21. The van der Waals surface area contributed by atoms with Crippen molar-refractivity contribution in [2.45, 2.75) is 0 Å². The van der Waals surface area contributed by atoms with Gasteiger partial charge in [0.2, 0.25) is 0 Å². The number of H-pyrrole nitrogens is 1. The number of nitrogens with zero attached hydrogens (tertiary/aromatic N) is 3. The molecule has 5 heteroatoms. The van der Waals surface area contributed by atoms with E-state index in [1.54, 1.807) is 30.6 Å². The topological polar surface area (TPSA) is 52.8 Å². The molecule has 5 rings (SSSR count). The normalized spacial score (nSPS) is 11.1. The number of aromatic amines is 1. The van der Waals surface area contributed by atoms with Crippen LogP contribution in [0.4, 0.5) is 4.39 Å². The first-order valence-corrected chi connectivity index (χ1v) is 8.57. The van der Waals surface area contributed by atoms with Crippen molar-refractivity contribution >= 4 is 21.9 Å². The van der Waals surface area contributed by atoms with Crippen molar-refractivity contribution in [1.29, 1.82) is 0 Å². The van der Waals surface area contributed by atoms with Gasteiger partial charge in [-0.1, -0.05) is 12.1 Å². The van der Waals surface area contributed by atoms with Crippen LogP contribution in [0.2, 0.25) is 0 Å². The molecule has 4 nitrogen and oxygen atoms in total. The molecule has 0 spiro atoms. The van der Waals surface area contributed by atoms with E-state index in [2.05, 4.69) is 19.9 Å². The van der Waals surface area contributed by atoms with E-state index in [-0.39, 0.29) is 5.82 Å². The highest BCUT2D eigenvalue weighted by atomic mass is 19.1. The number of halogens is 1. The molecule has 5 aromatic rings. The molecule has 4 heterocycles. The summed E-state index contributed by atoms with van der Waals surface area (Å²) in [5, 5.41) is 1.92. The molecule has 128 valence electrons. The molecule has 0 amide bonds. The number of pyridine rings is 4. The van der Waals surface area contributed by atoms with Gasteiger partial charge in [0, 0.05) is 34.8 Å². The lowest BCUT2D eigenvalue weighted by Gasteiger charge is -2.11. The summed E-state index contributed by atoms with van der Waals surface area (Å²) in [6.45, 7) is 0. The average molecular weight is 353 g/mol. The number of hydrogen-bond donors (Lipinski definition) is 0. The van der Waals surface area contributed by atoms with E-state index >= 15 is 0 Å². The maximum atomic E-state index is 14.4. The molecule has 0 saturated heterocycles. The Balaban J connectivity index is 1.87. The summed E-state index contributed by atoms with van der Waals surface area (Å²) in [6, 6.07) is 16.4. The second kappa shape index (κ2) is 6.21. The van der Waals surface area contributed by atoms with Gasteiger partial charge in [0.1, 0.15) is 11.3 Å². The molecule has 0 aliphatic carbocycles. The van der Waals surface area contributed by atoms with Gasteiger partial charge in [0.15, 0.2) is 18.0 Å². The Labute approximate surface area is 154 Å². The van der Waals surface area contributed by atoms with Crippen LogP contribution in [-0.2, 0) is 0 Å². The molecule has 4 aromatic heterocycles. The number of benzene rings is 1. The Morgan fingerprint density at radius 1 is 0.778 bits per heavy atom. The standard InChI is InChI=1S/C22H13FN4/c23-19-6-2-1-4-17(19)20-12-18(16-5-3-9-26-22(16)27-20)14-8-11-25-21-13-24-10-7-15(14)21/h1-13H/p+1. The molecule has 1 N–H and O–H groups in total. The summed E-state index contributed by atoms with van der Waals surface area (Å²) in [7, 11) is 0. The third kappa shape index (κ3) is 2.60. The number of nitrogens with one attached hydrogen (secondary N) is 1. The smallest absolute Gasteiger partial charge is 0.193 e. The van der Waals surface area contributed by atoms with Gasteiger partial charge in [0.25, 0.3) is 0 Å². The zero-order chi connectivity index (χ0) is 18.2. The quantitative estimate of drug-likeness (QED) is 0.471. The molecular formula is C22H14FN4+. The Bertz CT molecular complexity index is 1290. The van der Waals surface area contributed by atoms with Gasteiger partial charge in [-0.15, -0.1) is 0 Å². The summed E-state index contributed by atoms with van der Waals surface area (Å²) in [5.41, 5.74) is 4.41. The number of hydrogen-bond acceptors (Lipinski definition) is 3. The summed E-state index contributed by atoms with van der Waals surface area (Å²) in [4.78, 5) is 16.5. The summed E-state index contributed by atoms with van der Waals surface area (Å²) < 4.78 is 14.4. The fourth-order valence-electron chi connectivity index (χ4n) is 3.36. The van der Waals surface area contributed by atoms with Crippen LogP contribution >= 0.6 is 0 Å². The fourth-order valence-corrected chi connectivity index (χ4v) is 3.36. The average Bonchev–Trinajstić information content (AvgIpc) is 2.73. The Morgan fingerprint density at radius 2 is 1.70 bits per heavy atom. The van der Waals surface area contributed by atoms with Crippen LogP contribution in [0.15, 0.2) is 79.4 Å². The van der Waals surface area contributed by atoms with Gasteiger partial charge >= 0.3 is 0 Å². The summed E-state index contributed by atoms with van der Waals surface area (Å²) >= 11 is 0. The molecule has 0 bridgehead atoms. The molecule has 0 aliphatic heterocycles. The SMILES string of the molecule is Fc1ccccc1-c1cc(-c2ccnc3c[nH+]ccc23)c2cccnc2n1. The highest BCUT2D eigenvalue weighted by Crippen LogP contribution is 2.34. The van der Waals surface area contributed by atoms with Gasteiger partial charge in [-0.3, -0.25) is 0 Å². The van der Waals surface area contributed by atoms with E-state index in [0.29, 0.717) is 16.9 Å². The molecule has 0 saturated carbocycles. The van der Waals surface area contributed by atoms with Gasteiger partial charge in [0.05, 0.1) is 5.69 Å². The van der Waals surface area contributed by atoms with E-state index in [1.807, 2.05) is 42.7 Å². The third-order valence-electron chi connectivity index (χ3n) is 4.61. The maximum absolute atomic E-state index is 14.4. The van der Waals surface area contributed by atoms with Gasteiger partial charge in [-0.05, 0) is 47.5 Å². The first-order valence-electron chi connectivity index (χ1n) is 8.57. The molecule has 27 heavy (non-hydrogen) atoms. The van der Waals surface area contributed by atoms with Crippen LogP contribution in [0.25, 0.3) is 44.3 Å². The van der Waals surface area contributed by atoms with Crippen molar-refractivity contribution in [2.24, 2.45) is 0 Å². The molecule has 0 fully saturated rings. The largest absolute Gasteiger partial charge is 0.250 e. The third-order valence-corrected chi connectivity index (χ3v) is 4.61. The van der Waals surface area contributed by atoms with E-state index in [9.17, 15) is 4.39 Å². The van der Waals surface area contributed by atoms with E-state index in [1.165, 1.54) is 6.07 Å². The Morgan fingerprint density at radius 3 is 2.63 bits per heavy atom. The number of aromatic nitrogens is 4. The van der Waals surface area contributed by atoms with Crippen LogP contribution in [0.5, 0.6) is 0 Å². The van der Waals surface area contributed by atoms with E-state index in [4.69, 9.17) is 0 Å². The van der Waals surface area contributed by atoms with Gasteiger partial charge in [-0.2, -0.15) is 0 Å². The van der Waals surface area contributed by atoms with Crippen LogP contribution in [0.3, 0.4) is 0 Å². The van der Waals surface area contributed by atoms with Crippen molar-refractivity contribution in [2.75, 3.05) is 0 Å². The number of rotatable bonds is 2. The zero-order valence-corrected chi connectivity index (χ0v) is 14.2. The predicted octanol–water partition coefficient (Wildman–Crippen LogP) is 4.47. The molecular weight excluding hydrogens is 339 g/mol. The minimum absolute atomic E-state index is 0.305. The van der Waals surface area contributed by atoms with Crippen molar-refractivity contribution in [1.82, 2.24) is 15.0 Å². The van der Waals surface area contributed by atoms with Crippen molar-refractivity contribution in [3.63, 3.8) is 0 Å². The molecule has 0 radical (unpaired) electrons. The van der Waals surface area contributed by atoms with E-state index in [0.717, 1.165) is 27.4 Å². The lowest BCUT2D eigenvalue weighted by atomic mass is 9.97. The van der Waals surface area contributed by atoms with E-state index < -0.39 is 0 Å². The van der Waals surface area contributed by atoms with Crippen molar-refractivity contribution < 1.29 is 9.37 Å². The summed E-state index contributed by atoms with van der Waals surface area (Å²) in [6.07, 6.45) is 7.20. The van der Waals surface area contributed by atoms with Crippen LogP contribution in [-0.4, -0.2) is 15.0 Å². The van der Waals surface area contributed by atoms with Crippen molar-refractivity contribution in [3.8, 4) is 22.4 Å². The first-order chi connectivity index (χ1) is 13.3. The minimum Gasteiger partial charge on any atom is -0.250 e. The molecule has 0 aliphatic rings. The first kappa shape index (κ1) is 15.5. The summed E-state index contributed by atoms with van der Waals surface area (Å²) in [5.74, 6) is -0.305. The molecule has 0 atom stereocenters. The highest BCUT2D eigenvalue weighted by molar-refractivity contribution is 6.03.